The number of Topliss-reactive ketones (excluding diaryl/α,β-unsaturated/α-hetero) is 1. The zero-order valence-corrected chi connectivity index (χ0v) is 41.9. The molecule has 2 aromatic heterocycles. The van der Waals surface area contributed by atoms with Gasteiger partial charge in [-0.3, -0.25) is 19.4 Å². The van der Waals surface area contributed by atoms with Gasteiger partial charge in [-0.2, -0.15) is 0 Å². The number of amides is 1. The SMILES string of the molecule is CC[C@H]1OC(=O)[C@H](C)[C@@H](OC(=O)Cc2ccccn2)[C@H](C)[C@@H](O[C@H]2O[C@@H](C)C[C@@H](N(C)CC)[C@@H]2O)[C@](C)(OC)C[C@@H](C)C(=O)[C@H](C)[C@H]2N(CCCCn3cnc(-c4ccccc4)c3)C(=O)O[C@]12C. The normalized spacial score (nSPS) is 34.0. The second kappa shape index (κ2) is 22.8. The molecule has 0 saturated carbocycles. The van der Waals surface area contributed by atoms with Crippen molar-refractivity contribution < 1.29 is 52.7 Å². The summed E-state index contributed by atoms with van der Waals surface area (Å²) in [6, 6.07) is 14.1. The average molecular weight is 946 g/mol. The van der Waals surface area contributed by atoms with E-state index in [9.17, 15) is 19.5 Å². The minimum absolute atomic E-state index is 0.122. The van der Waals surface area contributed by atoms with Crippen molar-refractivity contribution in [3.8, 4) is 11.3 Å². The van der Waals surface area contributed by atoms with Crippen LogP contribution in [0.4, 0.5) is 4.79 Å². The molecule has 3 fully saturated rings. The van der Waals surface area contributed by atoms with E-state index in [4.69, 9.17) is 28.4 Å². The molecule has 1 aromatic carbocycles. The van der Waals surface area contributed by atoms with E-state index in [0.29, 0.717) is 44.6 Å². The molecule has 16 heteroatoms. The second-order valence-corrected chi connectivity index (χ2v) is 19.7. The number of ketones is 1. The van der Waals surface area contributed by atoms with Crippen LogP contribution in [0.15, 0.2) is 67.3 Å². The van der Waals surface area contributed by atoms with E-state index in [-0.39, 0.29) is 37.2 Å². The Balaban J connectivity index is 1.35. The number of benzene rings is 1. The molecule has 0 bridgehead atoms. The minimum atomic E-state index is -1.44. The molecule has 3 aliphatic rings. The predicted octanol–water partition coefficient (Wildman–Crippen LogP) is 6.90. The summed E-state index contributed by atoms with van der Waals surface area (Å²) in [6.45, 7) is 18.1. The summed E-state index contributed by atoms with van der Waals surface area (Å²) in [5, 5.41) is 11.9. The zero-order chi connectivity index (χ0) is 49.5. The number of aliphatic hydroxyl groups is 1. The highest BCUT2D eigenvalue weighted by molar-refractivity contribution is 5.85. The first-order valence-corrected chi connectivity index (χ1v) is 24.5. The van der Waals surface area contributed by atoms with Gasteiger partial charge in [0.25, 0.3) is 0 Å². The van der Waals surface area contributed by atoms with Crippen molar-refractivity contribution in [1.82, 2.24) is 24.3 Å². The average Bonchev–Trinajstić information content (AvgIpc) is 3.91. The molecule has 3 aromatic rings. The summed E-state index contributed by atoms with van der Waals surface area (Å²) < 4.78 is 40.8. The standard InChI is InChI=1S/C52H75N5O11/c1-12-41-52(9)46(57(50(62)68-52)26-20-19-25-56-30-39(54-31-56)37-21-15-14-16-22-37)34(5)43(59)32(3)29-51(8,63-11)47(67-49-44(60)40(55(10)13-2)27-33(4)64-49)35(6)45(36(7)48(61)65-41)66-42(58)28-38-23-17-18-24-53-38/h14-18,21-24,30-36,40-41,44-47,49,60H,12-13,19-20,25-29H2,1-11H3/t32-,33+,34+,35+,36-,40-,41-,44+,45+,46-,47-,49-,51-,52-/m1/s1. The van der Waals surface area contributed by atoms with Crippen molar-refractivity contribution in [3.63, 3.8) is 0 Å². The Bertz CT molecular complexity index is 2140. The van der Waals surface area contributed by atoms with Crippen molar-refractivity contribution >= 4 is 23.8 Å². The molecule has 14 atom stereocenters. The van der Waals surface area contributed by atoms with E-state index < -0.39 is 89.7 Å². The molecule has 16 nitrogen and oxygen atoms in total. The fourth-order valence-electron chi connectivity index (χ4n) is 10.9. The summed E-state index contributed by atoms with van der Waals surface area (Å²) in [5.74, 6) is -4.82. The molecule has 5 heterocycles. The molecular weight excluding hydrogens is 871 g/mol. The number of rotatable bonds is 15. The molecule has 374 valence electrons. The third-order valence-electron chi connectivity index (χ3n) is 14.8. The highest BCUT2D eigenvalue weighted by Gasteiger charge is 2.60. The molecule has 1 amide bonds. The molecule has 0 spiro atoms. The Kier molecular flexibility index (Phi) is 17.6. The lowest BCUT2D eigenvalue weighted by Crippen LogP contribution is -2.61. The van der Waals surface area contributed by atoms with Crippen LogP contribution in [-0.2, 0) is 55.8 Å². The maximum Gasteiger partial charge on any atom is 0.410 e. The number of unbranched alkanes of at least 4 members (excludes halogenated alkanes) is 1. The molecule has 1 N–H and O–H groups in total. The fourth-order valence-corrected chi connectivity index (χ4v) is 10.9. The topological polar surface area (TPSA) is 181 Å². The summed E-state index contributed by atoms with van der Waals surface area (Å²) in [7, 11) is 3.47. The predicted molar refractivity (Wildman–Crippen MR) is 254 cm³/mol. The van der Waals surface area contributed by atoms with Gasteiger partial charge < -0.3 is 47.9 Å². The van der Waals surface area contributed by atoms with E-state index in [1.165, 1.54) is 7.11 Å². The van der Waals surface area contributed by atoms with Crippen LogP contribution in [0.5, 0.6) is 0 Å². The first-order chi connectivity index (χ1) is 32.3. The number of nitrogens with zero attached hydrogens (tertiary/aromatic N) is 5. The van der Waals surface area contributed by atoms with Crippen LogP contribution in [0, 0.1) is 23.7 Å². The Labute approximate surface area is 402 Å². The number of aromatic nitrogens is 3. The van der Waals surface area contributed by atoms with Crippen molar-refractivity contribution in [3.05, 3.63) is 72.9 Å². The number of likely N-dealkylation sites (N-methyl/N-ethyl adjacent to an activating group) is 1. The second-order valence-electron chi connectivity index (χ2n) is 19.7. The number of esters is 2. The van der Waals surface area contributed by atoms with Gasteiger partial charge in [0.05, 0.1) is 53.9 Å². The first-order valence-electron chi connectivity index (χ1n) is 24.5. The monoisotopic (exact) mass is 946 g/mol. The summed E-state index contributed by atoms with van der Waals surface area (Å²) in [4.78, 5) is 70.5. The maximum atomic E-state index is 15.1. The third-order valence-corrected chi connectivity index (χ3v) is 14.8. The zero-order valence-electron chi connectivity index (χ0n) is 41.9. The number of fused-ring (bicyclic) bond motifs is 1. The number of carbonyl (C=O) groups excluding carboxylic acids is 4. The van der Waals surface area contributed by atoms with E-state index >= 15 is 4.79 Å². The van der Waals surface area contributed by atoms with Gasteiger partial charge in [0.2, 0.25) is 0 Å². The van der Waals surface area contributed by atoms with Gasteiger partial charge >= 0.3 is 18.0 Å². The molecule has 68 heavy (non-hydrogen) atoms. The minimum Gasteiger partial charge on any atom is -0.461 e. The van der Waals surface area contributed by atoms with E-state index in [1.54, 1.807) is 56.4 Å². The fraction of sp³-hybridized carbons (Fsp3) is 0.654. The van der Waals surface area contributed by atoms with Crippen molar-refractivity contribution in [2.24, 2.45) is 23.7 Å². The van der Waals surface area contributed by atoms with Crippen LogP contribution in [-0.4, -0.2) is 141 Å². The highest BCUT2D eigenvalue weighted by atomic mass is 16.7. The molecule has 0 aliphatic carbocycles. The van der Waals surface area contributed by atoms with Gasteiger partial charge in [-0.25, -0.2) is 9.78 Å². The first kappa shape index (κ1) is 52.6. The third kappa shape index (κ3) is 11.6. The molecule has 0 unspecified atom stereocenters. The Hall–Kier alpha value is -4.74. The van der Waals surface area contributed by atoms with Crippen LogP contribution < -0.4 is 0 Å². The smallest absolute Gasteiger partial charge is 0.410 e. The summed E-state index contributed by atoms with van der Waals surface area (Å²) >= 11 is 0. The largest absolute Gasteiger partial charge is 0.461 e. The van der Waals surface area contributed by atoms with Crippen LogP contribution in [0.1, 0.15) is 100 Å². The highest BCUT2D eigenvalue weighted by Crippen LogP contribution is 2.44. The number of aryl methyl sites for hydroxylation is 1. The number of hydrogen-bond donors (Lipinski definition) is 1. The van der Waals surface area contributed by atoms with E-state index in [1.807, 2.05) is 89.7 Å². The van der Waals surface area contributed by atoms with Crippen molar-refractivity contribution in [2.75, 3.05) is 27.2 Å². The van der Waals surface area contributed by atoms with Gasteiger partial charge in [0.15, 0.2) is 11.9 Å². The Morgan fingerprint density at radius 3 is 2.32 bits per heavy atom. The van der Waals surface area contributed by atoms with E-state index in [0.717, 1.165) is 11.3 Å². The molecule has 6 rings (SSSR count). The van der Waals surface area contributed by atoms with Crippen LogP contribution in [0.3, 0.4) is 0 Å². The number of cyclic esters (lactones) is 1. The van der Waals surface area contributed by atoms with E-state index in [2.05, 4.69) is 14.9 Å². The molecule has 3 saturated heterocycles. The number of methoxy groups -OCH3 is 1. The molecule has 3 aliphatic heterocycles. The lowest BCUT2D eigenvalue weighted by Gasteiger charge is -2.48. The van der Waals surface area contributed by atoms with Gasteiger partial charge in [-0.15, -0.1) is 0 Å². The lowest BCUT2D eigenvalue weighted by molar-refractivity contribution is -0.302. The Morgan fingerprint density at radius 2 is 1.66 bits per heavy atom. The number of pyridine rings is 1. The van der Waals surface area contributed by atoms with Gasteiger partial charge in [0, 0.05) is 62.0 Å². The Morgan fingerprint density at radius 1 is 0.956 bits per heavy atom. The quantitative estimate of drug-likeness (QED) is 0.0944. The van der Waals surface area contributed by atoms with Gasteiger partial charge in [0.1, 0.15) is 24.1 Å². The van der Waals surface area contributed by atoms with Crippen LogP contribution in [0.2, 0.25) is 0 Å². The molecule has 0 radical (unpaired) electrons. The number of ether oxygens (including phenoxy) is 6. The van der Waals surface area contributed by atoms with Gasteiger partial charge in [-0.1, -0.05) is 71.0 Å². The number of hydrogen-bond acceptors (Lipinski definition) is 14. The number of aliphatic hydroxyl groups excluding tert-OH is 1. The van der Waals surface area contributed by atoms with Crippen molar-refractivity contribution in [2.45, 2.75) is 167 Å². The van der Waals surface area contributed by atoms with Gasteiger partial charge in [-0.05, 0) is 85.5 Å². The number of imidazole rings is 1. The molecular formula is C52H75N5O11. The maximum absolute atomic E-state index is 15.1. The summed E-state index contributed by atoms with van der Waals surface area (Å²) in [6.07, 6.45) is 1.16. The number of carbonyl (C=O) groups is 4. The van der Waals surface area contributed by atoms with Crippen LogP contribution >= 0.6 is 0 Å². The lowest BCUT2D eigenvalue weighted by atomic mass is 9.73. The van der Waals surface area contributed by atoms with Crippen molar-refractivity contribution in [1.29, 1.82) is 0 Å². The summed E-state index contributed by atoms with van der Waals surface area (Å²) in [5.41, 5.74) is -0.362. The van der Waals surface area contributed by atoms with Crippen LogP contribution in [0.25, 0.3) is 11.3 Å².